The van der Waals surface area contributed by atoms with Crippen molar-refractivity contribution in [2.45, 2.75) is 12.8 Å². The van der Waals surface area contributed by atoms with Gasteiger partial charge in [-0.3, -0.25) is 30.6 Å². The van der Waals surface area contributed by atoms with Crippen molar-refractivity contribution < 1.29 is 19.1 Å². The third kappa shape index (κ3) is 9.17. The van der Waals surface area contributed by atoms with E-state index in [1.54, 1.807) is 48.5 Å². The molecule has 0 saturated heterocycles. The van der Waals surface area contributed by atoms with E-state index in [9.17, 15) is 14.4 Å². The van der Waals surface area contributed by atoms with Crippen LogP contribution in [0, 0.1) is 0 Å². The standard InChI is InChI=1S/C19H19BrN4O4S/c20-13-6-8-15(9-7-13)28-12-18(27)22-19(29)24-23-17(26)11-10-16(25)21-14-4-2-1-3-5-14/h1-9H,10-12H2,(H,21,25)(H,23,26)(H2,22,24,27,29). The molecule has 8 nitrogen and oxygen atoms in total. The number of amides is 3. The molecular formula is C19H19BrN4O4S. The van der Waals surface area contributed by atoms with Crippen molar-refractivity contribution in [3.05, 3.63) is 59.1 Å². The summed E-state index contributed by atoms with van der Waals surface area (Å²) in [5.74, 6) is -0.686. The molecular weight excluding hydrogens is 460 g/mol. The Morgan fingerprint density at radius 1 is 0.862 bits per heavy atom. The molecule has 0 aliphatic heterocycles. The van der Waals surface area contributed by atoms with Crippen molar-refractivity contribution >= 4 is 56.7 Å². The summed E-state index contributed by atoms with van der Waals surface area (Å²) in [6, 6.07) is 15.9. The second kappa shape index (κ2) is 11.8. The summed E-state index contributed by atoms with van der Waals surface area (Å²) in [7, 11) is 0. The second-order valence-corrected chi connectivity index (χ2v) is 7.03. The molecule has 0 aliphatic carbocycles. The van der Waals surface area contributed by atoms with E-state index in [0.29, 0.717) is 11.4 Å². The highest BCUT2D eigenvalue weighted by atomic mass is 79.9. The molecule has 0 aliphatic rings. The topological polar surface area (TPSA) is 109 Å². The Hall–Kier alpha value is -2.98. The maximum atomic E-state index is 11.8. The Morgan fingerprint density at radius 3 is 2.21 bits per heavy atom. The van der Waals surface area contributed by atoms with E-state index < -0.39 is 11.8 Å². The number of rotatable bonds is 7. The van der Waals surface area contributed by atoms with Gasteiger partial charge in [-0.15, -0.1) is 0 Å². The summed E-state index contributed by atoms with van der Waals surface area (Å²) in [5.41, 5.74) is 5.37. The molecule has 0 spiro atoms. The minimum absolute atomic E-state index is 0.00254. The van der Waals surface area contributed by atoms with E-state index in [1.165, 1.54) is 0 Å². The molecule has 4 N–H and O–H groups in total. The van der Waals surface area contributed by atoms with Crippen LogP contribution < -0.4 is 26.2 Å². The van der Waals surface area contributed by atoms with Crippen LogP contribution in [0.4, 0.5) is 5.69 Å². The lowest BCUT2D eigenvalue weighted by Crippen LogP contribution is -2.49. The van der Waals surface area contributed by atoms with Gasteiger partial charge in [-0.25, -0.2) is 0 Å². The number of carbonyl (C=O) groups is 3. The Morgan fingerprint density at radius 2 is 1.52 bits per heavy atom. The molecule has 0 heterocycles. The highest BCUT2D eigenvalue weighted by Gasteiger charge is 2.09. The molecule has 10 heteroatoms. The molecule has 2 rings (SSSR count). The SMILES string of the molecule is O=C(CCC(=O)Nc1ccccc1)NNC(=S)NC(=O)COc1ccc(Br)cc1. The Labute approximate surface area is 181 Å². The molecule has 0 unspecified atom stereocenters. The number of anilines is 1. The van der Waals surface area contributed by atoms with Gasteiger partial charge >= 0.3 is 0 Å². The Kier molecular flexibility index (Phi) is 9.06. The van der Waals surface area contributed by atoms with E-state index in [4.69, 9.17) is 17.0 Å². The van der Waals surface area contributed by atoms with Crippen LogP contribution in [0.5, 0.6) is 5.75 Å². The summed E-state index contributed by atoms with van der Waals surface area (Å²) >= 11 is 8.22. The number of hydrazine groups is 1. The summed E-state index contributed by atoms with van der Waals surface area (Å²) in [6.45, 7) is -0.239. The van der Waals surface area contributed by atoms with Crippen molar-refractivity contribution in [2.75, 3.05) is 11.9 Å². The van der Waals surface area contributed by atoms with Crippen LogP contribution in [-0.4, -0.2) is 29.4 Å². The van der Waals surface area contributed by atoms with Crippen LogP contribution in [0.25, 0.3) is 0 Å². The lowest BCUT2D eigenvalue weighted by molar-refractivity contribution is -0.125. The van der Waals surface area contributed by atoms with E-state index in [2.05, 4.69) is 37.4 Å². The summed E-state index contributed by atoms with van der Waals surface area (Å²) < 4.78 is 6.21. The molecule has 0 fully saturated rings. The van der Waals surface area contributed by atoms with Gasteiger partial charge in [0, 0.05) is 23.0 Å². The minimum atomic E-state index is -0.484. The van der Waals surface area contributed by atoms with Crippen molar-refractivity contribution in [3.63, 3.8) is 0 Å². The zero-order chi connectivity index (χ0) is 21.1. The maximum Gasteiger partial charge on any atom is 0.264 e. The highest BCUT2D eigenvalue weighted by Crippen LogP contribution is 2.15. The highest BCUT2D eigenvalue weighted by molar-refractivity contribution is 9.10. The van der Waals surface area contributed by atoms with Crippen LogP contribution in [-0.2, 0) is 14.4 Å². The number of hydrogen-bond acceptors (Lipinski definition) is 5. The molecule has 0 saturated carbocycles. The first-order chi connectivity index (χ1) is 13.9. The van der Waals surface area contributed by atoms with E-state index >= 15 is 0 Å². The number of nitrogens with one attached hydrogen (secondary N) is 4. The van der Waals surface area contributed by atoms with Crippen molar-refractivity contribution in [1.29, 1.82) is 0 Å². The number of ether oxygens (including phenoxy) is 1. The molecule has 152 valence electrons. The third-order valence-corrected chi connectivity index (χ3v) is 4.12. The minimum Gasteiger partial charge on any atom is -0.484 e. The fraction of sp³-hybridized carbons (Fsp3) is 0.158. The Bertz CT molecular complexity index is 862. The molecule has 0 radical (unpaired) electrons. The zero-order valence-corrected chi connectivity index (χ0v) is 17.6. The normalized spacial score (nSPS) is 9.83. The van der Waals surface area contributed by atoms with Gasteiger partial charge in [-0.2, -0.15) is 0 Å². The molecule has 2 aromatic carbocycles. The van der Waals surface area contributed by atoms with Gasteiger partial charge in [0.05, 0.1) is 0 Å². The first kappa shape index (κ1) is 22.3. The first-order valence-electron chi connectivity index (χ1n) is 8.54. The molecule has 3 amide bonds. The van der Waals surface area contributed by atoms with Gasteiger partial charge < -0.3 is 10.1 Å². The van der Waals surface area contributed by atoms with E-state index in [1.807, 2.05) is 6.07 Å². The van der Waals surface area contributed by atoms with Gasteiger partial charge in [-0.05, 0) is 48.6 Å². The molecule has 0 aromatic heterocycles. The maximum absolute atomic E-state index is 11.8. The summed E-state index contributed by atoms with van der Waals surface area (Å²) in [6.07, 6.45) is -0.0442. The van der Waals surface area contributed by atoms with Crippen molar-refractivity contribution in [1.82, 2.24) is 16.2 Å². The zero-order valence-electron chi connectivity index (χ0n) is 15.2. The van der Waals surface area contributed by atoms with Crippen LogP contribution >= 0.6 is 28.1 Å². The number of para-hydroxylation sites is 1. The van der Waals surface area contributed by atoms with Crippen LogP contribution in [0.2, 0.25) is 0 Å². The molecule has 0 bridgehead atoms. The van der Waals surface area contributed by atoms with E-state index in [-0.39, 0.29) is 30.5 Å². The average molecular weight is 479 g/mol. The lowest BCUT2D eigenvalue weighted by Gasteiger charge is -2.11. The predicted molar refractivity (Wildman–Crippen MR) is 116 cm³/mol. The fourth-order valence-electron chi connectivity index (χ4n) is 2.03. The first-order valence-corrected chi connectivity index (χ1v) is 9.74. The van der Waals surface area contributed by atoms with Crippen molar-refractivity contribution in [2.24, 2.45) is 0 Å². The van der Waals surface area contributed by atoms with Gasteiger partial charge in [0.15, 0.2) is 11.7 Å². The van der Waals surface area contributed by atoms with Crippen LogP contribution in [0.1, 0.15) is 12.8 Å². The largest absolute Gasteiger partial charge is 0.484 e. The average Bonchev–Trinajstić information content (AvgIpc) is 2.71. The van der Waals surface area contributed by atoms with Gasteiger partial charge in [-0.1, -0.05) is 34.1 Å². The van der Waals surface area contributed by atoms with Gasteiger partial charge in [0.25, 0.3) is 5.91 Å². The van der Waals surface area contributed by atoms with Gasteiger partial charge in [0.2, 0.25) is 11.8 Å². The lowest BCUT2D eigenvalue weighted by atomic mass is 10.2. The second-order valence-electron chi connectivity index (χ2n) is 5.71. The van der Waals surface area contributed by atoms with E-state index in [0.717, 1.165) is 4.47 Å². The molecule has 0 atom stereocenters. The number of carbonyl (C=O) groups excluding carboxylic acids is 3. The van der Waals surface area contributed by atoms with Crippen molar-refractivity contribution in [3.8, 4) is 5.75 Å². The monoisotopic (exact) mass is 478 g/mol. The number of hydrogen-bond donors (Lipinski definition) is 4. The smallest absolute Gasteiger partial charge is 0.264 e. The van der Waals surface area contributed by atoms with Crippen LogP contribution in [0.15, 0.2) is 59.1 Å². The van der Waals surface area contributed by atoms with Gasteiger partial charge in [0.1, 0.15) is 5.75 Å². The van der Waals surface area contributed by atoms with Crippen LogP contribution in [0.3, 0.4) is 0 Å². The molecule has 2 aromatic rings. The number of benzene rings is 2. The summed E-state index contributed by atoms with van der Waals surface area (Å²) in [5, 5.41) is 4.96. The predicted octanol–water partition coefficient (Wildman–Crippen LogP) is 2.27. The number of halogens is 1. The third-order valence-electron chi connectivity index (χ3n) is 3.39. The quantitative estimate of drug-likeness (QED) is 0.359. The fourth-order valence-corrected chi connectivity index (χ4v) is 2.46. The summed E-state index contributed by atoms with van der Waals surface area (Å²) in [4.78, 5) is 35.4. The Balaban J connectivity index is 1.59. The number of thiocarbonyl (C=S) groups is 1. The molecule has 29 heavy (non-hydrogen) atoms.